The number of nitrogens with two attached hydrogens (primary N) is 1. The maximum absolute atomic E-state index is 12.0. The first kappa shape index (κ1) is 15.5. The van der Waals surface area contributed by atoms with E-state index >= 15 is 0 Å². The van der Waals surface area contributed by atoms with Crippen molar-refractivity contribution in [3.63, 3.8) is 0 Å². The summed E-state index contributed by atoms with van der Waals surface area (Å²) >= 11 is 8.49. The first-order valence-corrected chi connectivity index (χ1v) is 6.99. The number of anilines is 1. The summed E-state index contributed by atoms with van der Waals surface area (Å²) in [6.07, 6.45) is -4.65. The quantitative estimate of drug-likeness (QED) is 0.807. The van der Waals surface area contributed by atoms with Crippen LogP contribution >= 0.6 is 27.5 Å². The topological polar surface area (TPSA) is 72.2 Å². The van der Waals surface area contributed by atoms with Crippen LogP contribution in [0.15, 0.2) is 21.5 Å². The van der Waals surface area contributed by atoms with Gasteiger partial charge in [0.1, 0.15) is 6.54 Å². The number of hydrogen-bond acceptors (Lipinski definition) is 3. The lowest BCUT2D eigenvalue weighted by Crippen LogP contribution is -2.34. The fourth-order valence-corrected chi connectivity index (χ4v) is 3.34. The Kier molecular flexibility index (Phi) is 4.52. The second-order valence-corrected chi connectivity index (χ2v) is 6.21. The lowest BCUT2D eigenvalue weighted by atomic mass is 10.3. The van der Waals surface area contributed by atoms with Crippen LogP contribution in [0.5, 0.6) is 0 Å². The summed E-state index contributed by atoms with van der Waals surface area (Å²) in [5.41, 5.74) is 5.46. The van der Waals surface area contributed by atoms with Crippen LogP contribution in [-0.4, -0.2) is 21.1 Å². The van der Waals surface area contributed by atoms with Crippen LogP contribution in [0.3, 0.4) is 0 Å². The van der Waals surface area contributed by atoms with Crippen molar-refractivity contribution in [3.05, 3.63) is 21.6 Å². The Morgan fingerprint density at radius 2 is 1.94 bits per heavy atom. The molecule has 0 aliphatic heterocycles. The molecule has 3 N–H and O–H groups in total. The number of hydrogen-bond donors (Lipinski definition) is 2. The Bertz CT molecular complexity index is 562. The molecule has 0 radical (unpaired) electrons. The number of sulfonamides is 1. The minimum atomic E-state index is -4.65. The first-order valence-electron chi connectivity index (χ1n) is 4.34. The molecule has 1 rings (SSSR count). The van der Waals surface area contributed by atoms with Crippen LogP contribution in [0.1, 0.15) is 0 Å². The van der Waals surface area contributed by atoms with Gasteiger partial charge in [-0.05, 0) is 28.1 Å². The zero-order valence-electron chi connectivity index (χ0n) is 8.55. The van der Waals surface area contributed by atoms with Gasteiger partial charge in [-0.25, -0.2) is 13.1 Å². The predicted octanol–water partition coefficient (Wildman–Crippen LogP) is 2.53. The molecule has 0 fully saturated rings. The van der Waals surface area contributed by atoms with E-state index < -0.39 is 27.6 Å². The van der Waals surface area contributed by atoms with Gasteiger partial charge in [0.15, 0.2) is 0 Å². The average molecular weight is 368 g/mol. The van der Waals surface area contributed by atoms with Crippen molar-refractivity contribution in [2.24, 2.45) is 0 Å². The summed E-state index contributed by atoms with van der Waals surface area (Å²) in [7, 11) is -4.35. The minimum absolute atomic E-state index is 0.00286. The number of alkyl halides is 3. The van der Waals surface area contributed by atoms with Crippen molar-refractivity contribution >= 4 is 43.2 Å². The molecule has 0 amide bonds. The van der Waals surface area contributed by atoms with E-state index in [1.54, 1.807) is 0 Å². The maximum Gasteiger partial charge on any atom is 0.402 e. The molecule has 4 nitrogen and oxygen atoms in total. The maximum atomic E-state index is 12.0. The van der Waals surface area contributed by atoms with Gasteiger partial charge in [0, 0.05) is 10.7 Å². The molecule has 0 atom stereocenters. The molecule has 102 valence electrons. The highest BCUT2D eigenvalue weighted by Crippen LogP contribution is 2.31. The standard InChI is InChI=1S/C8H7BrClF3N2O2S/c9-7-5(14)1-4(10)2-6(7)18(16,17)15-3-8(11,12)13/h1-2,15H,3,14H2. The minimum Gasteiger partial charge on any atom is -0.398 e. The van der Waals surface area contributed by atoms with Crippen LogP contribution in [0, 0.1) is 0 Å². The highest BCUT2D eigenvalue weighted by Gasteiger charge is 2.31. The Balaban J connectivity index is 3.13. The van der Waals surface area contributed by atoms with Crippen molar-refractivity contribution in [1.29, 1.82) is 0 Å². The summed E-state index contributed by atoms with van der Waals surface area (Å²) < 4.78 is 60.6. The third-order valence-electron chi connectivity index (χ3n) is 1.78. The monoisotopic (exact) mass is 366 g/mol. The highest BCUT2D eigenvalue weighted by atomic mass is 79.9. The summed E-state index contributed by atoms with van der Waals surface area (Å²) in [5, 5.41) is 0.00286. The molecule has 18 heavy (non-hydrogen) atoms. The second-order valence-electron chi connectivity index (χ2n) is 3.25. The van der Waals surface area contributed by atoms with Crippen LogP contribution in [0.4, 0.5) is 18.9 Å². The predicted molar refractivity (Wildman–Crippen MR) is 64.8 cm³/mol. The third-order valence-corrected chi connectivity index (χ3v) is 4.58. The molecule has 0 saturated carbocycles. The lowest BCUT2D eigenvalue weighted by molar-refractivity contribution is -0.121. The fraction of sp³-hybridized carbons (Fsp3) is 0.250. The van der Waals surface area contributed by atoms with Crippen LogP contribution in [0.25, 0.3) is 0 Å². The lowest BCUT2D eigenvalue weighted by Gasteiger charge is -2.12. The second kappa shape index (κ2) is 5.24. The molecular weight excluding hydrogens is 361 g/mol. The Labute approximate surface area is 114 Å². The van der Waals surface area contributed by atoms with Gasteiger partial charge in [0.2, 0.25) is 10.0 Å². The molecule has 10 heteroatoms. The number of benzene rings is 1. The molecule has 0 saturated heterocycles. The highest BCUT2D eigenvalue weighted by molar-refractivity contribution is 9.10. The van der Waals surface area contributed by atoms with E-state index in [1.165, 1.54) is 10.8 Å². The van der Waals surface area contributed by atoms with Gasteiger partial charge in [-0.15, -0.1) is 0 Å². The SMILES string of the molecule is Nc1cc(Cl)cc(S(=O)(=O)NCC(F)(F)F)c1Br. The van der Waals surface area contributed by atoms with Gasteiger partial charge in [-0.3, -0.25) is 0 Å². The first-order chi connectivity index (χ1) is 8.03. The molecule has 0 aliphatic rings. The van der Waals surface area contributed by atoms with E-state index in [0.29, 0.717) is 0 Å². The van der Waals surface area contributed by atoms with Crippen molar-refractivity contribution in [1.82, 2.24) is 4.72 Å². The van der Waals surface area contributed by atoms with Gasteiger partial charge in [-0.1, -0.05) is 11.6 Å². The average Bonchev–Trinajstić information content (AvgIpc) is 2.19. The fourth-order valence-electron chi connectivity index (χ4n) is 1.03. The Morgan fingerprint density at radius 3 is 2.44 bits per heavy atom. The van der Waals surface area contributed by atoms with Crippen molar-refractivity contribution in [2.75, 3.05) is 12.3 Å². The summed E-state index contributed by atoms with van der Waals surface area (Å²) in [5.74, 6) is 0. The van der Waals surface area contributed by atoms with E-state index in [1.807, 2.05) is 0 Å². The Hall–Kier alpha value is -0.510. The zero-order chi connectivity index (χ0) is 14.1. The molecule has 1 aromatic rings. The van der Waals surface area contributed by atoms with Crippen molar-refractivity contribution in [2.45, 2.75) is 11.1 Å². The van der Waals surface area contributed by atoms with Crippen molar-refractivity contribution < 1.29 is 21.6 Å². The molecular formula is C8H7BrClF3N2O2S. The number of nitrogens with one attached hydrogen (secondary N) is 1. The number of nitrogen functional groups attached to an aromatic ring is 1. The van der Waals surface area contributed by atoms with E-state index in [0.717, 1.165) is 6.07 Å². The molecule has 0 heterocycles. The van der Waals surface area contributed by atoms with Crippen LogP contribution < -0.4 is 10.5 Å². The third kappa shape index (κ3) is 4.01. The van der Waals surface area contributed by atoms with Crippen LogP contribution in [-0.2, 0) is 10.0 Å². The summed E-state index contributed by atoms with van der Waals surface area (Å²) in [6, 6.07) is 2.27. The molecule has 0 aromatic heterocycles. The number of halogens is 5. The molecule has 0 bridgehead atoms. The summed E-state index contributed by atoms with van der Waals surface area (Å²) in [4.78, 5) is -0.447. The van der Waals surface area contributed by atoms with Crippen molar-refractivity contribution in [3.8, 4) is 0 Å². The van der Waals surface area contributed by atoms with Gasteiger partial charge < -0.3 is 5.73 Å². The van der Waals surface area contributed by atoms with E-state index in [-0.39, 0.29) is 15.2 Å². The molecule has 0 aliphatic carbocycles. The Morgan fingerprint density at radius 1 is 1.39 bits per heavy atom. The van der Waals surface area contributed by atoms with Gasteiger partial charge in [0.25, 0.3) is 0 Å². The van der Waals surface area contributed by atoms with Crippen LogP contribution in [0.2, 0.25) is 5.02 Å². The van der Waals surface area contributed by atoms with E-state index in [4.69, 9.17) is 17.3 Å². The van der Waals surface area contributed by atoms with Gasteiger partial charge in [-0.2, -0.15) is 13.2 Å². The smallest absolute Gasteiger partial charge is 0.398 e. The molecule has 1 aromatic carbocycles. The largest absolute Gasteiger partial charge is 0.402 e. The molecule has 0 spiro atoms. The number of rotatable bonds is 3. The molecule has 0 unspecified atom stereocenters. The van der Waals surface area contributed by atoms with Gasteiger partial charge >= 0.3 is 6.18 Å². The van der Waals surface area contributed by atoms with E-state index in [9.17, 15) is 21.6 Å². The van der Waals surface area contributed by atoms with E-state index in [2.05, 4.69) is 15.9 Å². The van der Waals surface area contributed by atoms with Gasteiger partial charge in [0.05, 0.1) is 9.37 Å². The normalized spacial score (nSPS) is 12.7. The summed E-state index contributed by atoms with van der Waals surface area (Å²) in [6.45, 7) is -1.67. The zero-order valence-corrected chi connectivity index (χ0v) is 11.7.